The first-order valence-electron chi connectivity index (χ1n) is 6.74. The molecule has 0 amide bonds. The number of nitrogens with two attached hydrogens (primary N) is 1. The van der Waals surface area contributed by atoms with Crippen molar-refractivity contribution in [3.8, 4) is 17.1 Å². The number of hydrogen-bond acceptors (Lipinski definition) is 4. The summed E-state index contributed by atoms with van der Waals surface area (Å²) in [4.78, 5) is 0. The molecule has 1 aliphatic rings. The minimum atomic E-state index is 0.104. The average molecular weight is 258 g/mol. The van der Waals surface area contributed by atoms with Crippen molar-refractivity contribution in [3.05, 3.63) is 24.5 Å². The van der Waals surface area contributed by atoms with E-state index in [9.17, 15) is 5.11 Å². The third kappa shape index (κ3) is 2.28. The topological polar surface area (TPSA) is 77.0 Å². The predicted molar refractivity (Wildman–Crippen MR) is 73.7 cm³/mol. The van der Waals surface area contributed by atoms with E-state index in [1.165, 1.54) is 32.1 Å². The van der Waals surface area contributed by atoms with Crippen LogP contribution in [0.4, 0.5) is 5.69 Å². The molecule has 5 heteroatoms. The lowest BCUT2D eigenvalue weighted by Crippen LogP contribution is -2.13. The molecular weight excluding hydrogens is 240 g/mol. The number of aromatic nitrogens is 3. The summed E-state index contributed by atoms with van der Waals surface area (Å²) in [6.45, 7) is 0. The van der Waals surface area contributed by atoms with E-state index < -0.39 is 0 Å². The Labute approximate surface area is 112 Å². The number of anilines is 1. The first-order valence-corrected chi connectivity index (χ1v) is 6.74. The fourth-order valence-electron chi connectivity index (χ4n) is 2.77. The smallest absolute Gasteiger partial charge is 0.164 e. The van der Waals surface area contributed by atoms with Crippen molar-refractivity contribution >= 4 is 5.69 Å². The van der Waals surface area contributed by atoms with Crippen molar-refractivity contribution in [1.29, 1.82) is 0 Å². The van der Waals surface area contributed by atoms with Crippen molar-refractivity contribution in [2.75, 3.05) is 5.73 Å². The maximum absolute atomic E-state index is 9.49. The maximum atomic E-state index is 9.49. The van der Waals surface area contributed by atoms with Crippen LogP contribution in [-0.2, 0) is 0 Å². The first kappa shape index (κ1) is 12.0. The number of benzene rings is 1. The van der Waals surface area contributed by atoms with Gasteiger partial charge >= 0.3 is 0 Å². The lowest BCUT2D eigenvalue weighted by Gasteiger charge is -2.24. The fourth-order valence-corrected chi connectivity index (χ4v) is 2.77. The van der Waals surface area contributed by atoms with Gasteiger partial charge in [-0.05, 0) is 31.0 Å². The van der Waals surface area contributed by atoms with Gasteiger partial charge in [-0.3, -0.25) is 0 Å². The molecule has 2 aromatic rings. The number of phenols is 1. The van der Waals surface area contributed by atoms with E-state index in [1.54, 1.807) is 18.5 Å². The highest BCUT2D eigenvalue weighted by atomic mass is 16.3. The van der Waals surface area contributed by atoms with Crippen LogP contribution in [0.5, 0.6) is 5.75 Å². The normalized spacial score (nSPS) is 16.6. The summed E-state index contributed by atoms with van der Waals surface area (Å²) in [6.07, 6.45) is 8.01. The summed E-state index contributed by atoms with van der Waals surface area (Å²) in [7, 11) is 0. The average Bonchev–Trinajstić information content (AvgIpc) is 2.92. The molecule has 19 heavy (non-hydrogen) atoms. The SMILES string of the molecule is Nc1cc(-c2nncn2C2CCCCC2)ccc1O. The number of nitrogen functional groups attached to an aromatic ring is 1. The molecule has 1 aromatic carbocycles. The summed E-state index contributed by atoms with van der Waals surface area (Å²) >= 11 is 0. The van der Waals surface area contributed by atoms with Gasteiger partial charge in [-0.15, -0.1) is 10.2 Å². The highest BCUT2D eigenvalue weighted by Gasteiger charge is 2.19. The zero-order valence-electron chi connectivity index (χ0n) is 10.8. The molecular formula is C14H18N4O. The third-order valence-electron chi connectivity index (χ3n) is 3.83. The van der Waals surface area contributed by atoms with Crippen molar-refractivity contribution in [2.45, 2.75) is 38.1 Å². The number of rotatable bonds is 2. The second-order valence-corrected chi connectivity index (χ2v) is 5.13. The molecule has 0 aliphatic heterocycles. The fraction of sp³-hybridized carbons (Fsp3) is 0.429. The molecule has 1 heterocycles. The first-order chi connectivity index (χ1) is 9.25. The van der Waals surface area contributed by atoms with Crippen LogP contribution in [0.25, 0.3) is 11.4 Å². The molecule has 0 unspecified atom stereocenters. The van der Waals surface area contributed by atoms with Gasteiger partial charge in [0.1, 0.15) is 12.1 Å². The lowest BCUT2D eigenvalue weighted by atomic mass is 9.95. The van der Waals surface area contributed by atoms with Crippen molar-refractivity contribution in [3.63, 3.8) is 0 Å². The molecule has 0 atom stereocenters. The Hall–Kier alpha value is -2.04. The van der Waals surface area contributed by atoms with Gasteiger partial charge in [0.25, 0.3) is 0 Å². The molecule has 0 bridgehead atoms. The Morgan fingerprint density at radius 1 is 1.21 bits per heavy atom. The van der Waals surface area contributed by atoms with Crippen LogP contribution in [0.15, 0.2) is 24.5 Å². The maximum Gasteiger partial charge on any atom is 0.164 e. The van der Waals surface area contributed by atoms with E-state index in [1.807, 2.05) is 6.07 Å². The quantitative estimate of drug-likeness (QED) is 0.641. The van der Waals surface area contributed by atoms with Gasteiger partial charge in [0.15, 0.2) is 5.82 Å². The molecule has 1 aromatic heterocycles. The zero-order valence-corrected chi connectivity index (χ0v) is 10.8. The van der Waals surface area contributed by atoms with E-state index in [2.05, 4.69) is 14.8 Å². The minimum Gasteiger partial charge on any atom is -0.506 e. The summed E-state index contributed by atoms with van der Waals surface area (Å²) in [5.41, 5.74) is 7.02. The zero-order chi connectivity index (χ0) is 13.2. The minimum absolute atomic E-state index is 0.104. The molecule has 1 saturated carbocycles. The van der Waals surface area contributed by atoms with Crippen molar-refractivity contribution < 1.29 is 5.11 Å². The Kier molecular flexibility index (Phi) is 3.11. The number of aromatic hydroxyl groups is 1. The number of hydrogen-bond donors (Lipinski definition) is 2. The Bertz CT molecular complexity index is 573. The van der Waals surface area contributed by atoms with Crippen LogP contribution in [-0.4, -0.2) is 19.9 Å². The van der Waals surface area contributed by atoms with Gasteiger partial charge in [-0.25, -0.2) is 0 Å². The van der Waals surface area contributed by atoms with Gasteiger partial charge in [0.2, 0.25) is 0 Å². The number of nitrogens with zero attached hydrogens (tertiary/aromatic N) is 3. The standard InChI is InChI=1S/C14H18N4O/c15-12-8-10(6-7-13(12)19)14-17-16-9-18(14)11-4-2-1-3-5-11/h6-9,11,19H,1-5,15H2. The van der Waals surface area contributed by atoms with Crippen molar-refractivity contribution in [2.24, 2.45) is 0 Å². The van der Waals surface area contributed by atoms with Crippen LogP contribution in [0.3, 0.4) is 0 Å². The van der Waals surface area contributed by atoms with Crippen LogP contribution >= 0.6 is 0 Å². The highest BCUT2D eigenvalue weighted by Crippen LogP contribution is 2.32. The highest BCUT2D eigenvalue weighted by molar-refractivity contribution is 5.66. The molecule has 0 spiro atoms. The van der Waals surface area contributed by atoms with Crippen LogP contribution in [0.1, 0.15) is 38.1 Å². The summed E-state index contributed by atoms with van der Waals surface area (Å²) in [6, 6.07) is 5.66. The Morgan fingerprint density at radius 3 is 2.74 bits per heavy atom. The molecule has 1 aliphatic carbocycles. The second kappa shape index (κ2) is 4.91. The number of phenolic OH excluding ortho intramolecular Hbond substituents is 1. The summed E-state index contributed by atoms with van der Waals surface area (Å²) in [5.74, 6) is 0.936. The van der Waals surface area contributed by atoms with E-state index in [0.717, 1.165) is 11.4 Å². The molecule has 3 N–H and O–H groups in total. The van der Waals surface area contributed by atoms with Crippen LogP contribution in [0, 0.1) is 0 Å². The Balaban J connectivity index is 1.96. The van der Waals surface area contributed by atoms with Gasteiger partial charge < -0.3 is 15.4 Å². The van der Waals surface area contributed by atoms with Crippen LogP contribution < -0.4 is 5.73 Å². The third-order valence-corrected chi connectivity index (χ3v) is 3.83. The van der Waals surface area contributed by atoms with E-state index in [0.29, 0.717) is 11.7 Å². The van der Waals surface area contributed by atoms with Crippen LogP contribution in [0.2, 0.25) is 0 Å². The van der Waals surface area contributed by atoms with Gasteiger partial charge in [0.05, 0.1) is 5.69 Å². The summed E-state index contributed by atoms with van der Waals surface area (Å²) in [5, 5.41) is 17.7. The monoisotopic (exact) mass is 258 g/mol. The second-order valence-electron chi connectivity index (χ2n) is 5.13. The molecule has 5 nitrogen and oxygen atoms in total. The van der Waals surface area contributed by atoms with E-state index in [4.69, 9.17) is 5.73 Å². The molecule has 0 radical (unpaired) electrons. The molecule has 0 saturated heterocycles. The van der Waals surface area contributed by atoms with Gasteiger partial charge in [-0.1, -0.05) is 19.3 Å². The van der Waals surface area contributed by atoms with E-state index in [-0.39, 0.29) is 5.75 Å². The summed E-state index contributed by atoms with van der Waals surface area (Å²) < 4.78 is 2.14. The van der Waals surface area contributed by atoms with Gasteiger partial charge in [0, 0.05) is 11.6 Å². The largest absolute Gasteiger partial charge is 0.506 e. The molecule has 100 valence electrons. The molecule has 1 fully saturated rings. The van der Waals surface area contributed by atoms with E-state index >= 15 is 0 Å². The lowest BCUT2D eigenvalue weighted by molar-refractivity contribution is 0.355. The molecule has 3 rings (SSSR count). The Morgan fingerprint density at radius 2 is 2.00 bits per heavy atom. The predicted octanol–water partition coefficient (Wildman–Crippen LogP) is 2.74. The van der Waals surface area contributed by atoms with Gasteiger partial charge in [-0.2, -0.15) is 0 Å². The van der Waals surface area contributed by atoms with Crippen molar-refractivity contribution in [1.82, 2.24) is 14.8 Å².